The molecule has 48 heteroatoms. The molecule has 21 heterocycles. The first-order chi connectivity index (χ1) is 72.7. The summed E-state index contributed by atoms with van der Waals surface area (Å²) >= 11 is 17.0. The van der Waals surface area contributed by atoms with Crippen molar-refractivity contribution in [2.75, 3.05) is 79.1 Å². The molecule has 1 saturated heterocycles. The zero-order chi connectivity index (χ0) is 103. The first-order valence-corrected chi connectivity index (χ1v) is 53.7. The van der Waals surface area contributed by atoms with Crippen molar-refractivity contribution in [2.45, 2.75) is 161 Å². The molecule has 0 bridgehead atoms. The maximum Gasteiger partial charge on any atom is 0.181 e. The van der Waals surface area contributed by atoms with Gasteiger partial charge in [0.25, 0.3) is 0 Å². The van der Waals surface area contributed by atoms with Crippen LogP contribution in [0.3, 0.4) is 0 Å². The minimum absolute atomic E-state index is 0.0298. The average molecular weight is 2310 g/mol. The lowest BCUT2D eigenvalue weighted by Crippen LogP contribution is -2.40. The van der Waals surface area contributed by atoms with Crippen LogP contribution in [0.25, 0.3) is 56.4 Å². The molecule has 0 amide bonds. The van der Waals surface area contributed by atoms with Crippen LogP contribution in [0.5, 0.6) is 0 Å². The van der Waals surface area contributed by atoms with Gasteiger partial charge in [-0.3, -0.25) is 55.7 Å². The molecule has 0 spiro atoms. The van der Waals surface area contributed by atoms with E-state index >= 15 is 0 Å². The highest BCUT2D eigenvalue weighted by Crippen LogP contribution is 2.36. The van der Waals surface area contributed by atoms with Crippen LogP contribution in [0.15, 0.2) is 240 Å². The summed E-state index contributed by atoms with van der Waals surface area (Å²) in [5.74, 6) is 7.87. The van der Waals surface area contributed by atoms with Gasteiger partial charge in [-0.2, -0.15) is 18.9 Å². The second-order valence-corrected chi connectivity index (χ2v) is 41.2. The van der Waals surface area contributed by atoms with E-state index in [0.29, 0.717) is 67.1 Å². The maximum atomic E-state index is 10.2. The predicted molar refractivity (Wildman–Crippen MR) is 594 cm³/mol. The summed E-state index contributed by atoms with van der Waals surface area (Å²) < 4.78 is 27.4. The van der Waals surface area contributed by atoms with Crippen molar-refractivity contribution in [3.63, 3.8) is 0 Å². The number of hydrogen-bond acceptors (Lipinski definition) is 36. The Morgan fingerprint density at radius 3 is 1.23 bits per heavy atom. The van der Waals surface area contributed by atoms with E-state index in [1.807, 2.05) is 214 Å². The Kier molecular flexibility index (Phi) is 35.3. The number of anilines is 12. The molecular formula is C101H114Br4N38O4S2. The number of halogens is 4. The molecule has 2 saturated carbocycles. The standard InChI is InChI=1S/2C19H23BrN6O.C18H21BrN6O.C17H21BrN6O.2C14H13N7S/c20-16-12-23-19-18(22-11-14-4-3-7-21-10-14)24-17(13-26(16)19)25-8-2-1-5-15(25)6-9-27;20-16-10-23-19-18(22-9-13-4-3-7-21-8-13)25-17(11-26(16)19)24-15-6-2-1-5-14(15)12-27;19-15-10-22-18-17(21-9-12-4-3-7-20-8-12)24-16(11-25(15)18)23-13-5-1-2-6-14(13)26;1-11(2)13(10-25)22-15-9-24-14(18)8-21-17(24)16(23-15)20-7-12-4-3-5-19-6-12;2*1-9-5-12(22-19-9)18-13-14-16-7-11(21(14)4-3-15-13)10-6-17-20(2)8-10/h3-4,7,10,12-13,15,27H,1-2,5-6,8-9,11H2,(H,22,24);3-4,7-8,10-11,14-15,24,27H,1-2,5-6,9,12H2,(H,22,25);3-4,7-8,10-11,13-14,23,26H,1-2,5-6,9H2,(H,21,24);3-6,8-9,11,13,22,25H,7,10H2,1-2H3,(H,20,23);2*3-8H,1-2H3,(H,15,18). The van der Waals surface area contributed by atoms with Crippen LogP contribution >= 0.6 is 86.8 Å². The molecule has 0 radical (unpaired) electrons. The SMILES string of the molecule is CC(C)C(CO)Nc1cn2c(Br)cnc2c(NCc2cccnc2)n1.Cc1cc(Nc2nccn3c(-c4cnn(C)c4)cnc23)sn1.Cc1cc(Nc2nccn3c(-c4cnn(C)c4)cnc23)sn1.OC1CCCCC1Nc1cn2c(Br)cnc2c(NCc2cccnc2)n1.OCC1CCCCC1Nc1cn2c(Br)cnc2c(NCc2cccnc2)n1.OCCC1CCCCN1c1cn2c(Br)cnc2c(NCc2cccnc2)n1. The molecule has 3 aliphatic rings. The Morgan fingerprint density at radius 1 is 0.423 bits per heavy atom. The first-order valence-electron chi connectivity index (χ1n) is 49.0. The fraction of sp³-hybridized carbons (Fsp3) is 0.327. The van der Waals surface area contributed by atoms with Gasteiger partial charge in [0.1, 0.15) is 51.7 Å². The molecule has 772 valence electrons. The Morgan fingerprint density at radius 2 is 0.826 bits per heavy atom. The van der Waals surface area contributed by atoms with Gasteiger partial charge in [0, 0.05) is 176 Å². The third-order valence-electron chi connectivity index (χ3n) is 25.4. The number of fused-ring (bicyclic) bond motifs is 6. The zero-order valence-electron chi connectivity index (χ0n) is 82.6. The van der Waals surface area contributed by atoms with Crippen LogP contribution in [-0.4, -0.2) is 212 Å². The lowest BCUT2D eigenvalue weighted by Gasteiger charge is -2.36. The molecule has 13 N–H and O–H groups in total. The monoisotopic (exact) mass is 2300 g/mol. The van der Waals surface area contributed by atoms with Crippen LogP contribution in [0.4, 0.5) is 68.2 Å². The molecule has 6 atom stereocenters. The van der Waals surface area contributed by atoms with E-state index in [1.165, 1.54) is 42.3 Å². The van der Waals surface area contributed by atoms with E-state index in [0.717, 1.165) is 206 Å². The Bertz CT molecular complexity index is 7590. The summed E-state index contributed by atoms with van der Waals surface area (Å²) in [6, 6.07) is 20.2. The van der Waals surface area contributed by atoms with E-state index < -0.39 is 0 Å². The van der Waals surface area contributed by atoms with E-state index in [9.17, 15) is 20.4 Å². The highest BCUT2D eigenvalue weighted by molar-refractivity contribution is 9.11. The van der Waals surface area contributed by atoms with Crippen molar-refractivity contribution in [1.29, 1.82) is 0 Å². The van der Waals surface area contributed by atoms with Crippen LogP contribution in [0.2, 0.25) is 0 Å². The van der Waals surface area contributed by atoms with Gasteiger partial charge in [-0.1, -0.05) is 63.8 Å². The third kappa shape index (κ3) is 26.5. The van der Waals surface area contributed by atoms with Gasteiger partial charge < -0.3 is 73.2 Å². The van der Waals surface area contributed by atoms with E-state index in [1.54, 1.807) is 71.3 Å². The molecule has 0 aromatic carbocycles. The lowest BCUT2D eigenvalue weighted by molar-refractivity contribution is 0.116. The first kappa shape index (κ1) is 105. The lowest BCUT2D eigenvalue weighted by atomic mass is 9.85. The normalized spacial score (nSPS) is 15.7. The average Bonchev–Trinajstić information content (AvgIpc) is 1.58. The zero-order valence-corrected chi connectivity index (χ0v) is 90.5. The number of nitrogens with one attached hydrogen (secondary N) is 9. The van der Waals surface area contributed by atoms with Gasteiger partial charge in [-0.15, -0.1) is 0 Å². The molecule has 1 aliphatic heterocycles. The van der Waals surface area contributed by atoms with Crippen molar-refractivity contribution in [1.82, 2.24) is 134 Å². The number of piperidine rings is 1. The van der Waals surface area contributed by atoms with Crippen molar-refractivity contribution >= 4 is 189 Å². The Balaban J connectivity index is 0.000000117. The topological polar surface area (TPSA) is 487 Å². The summed E-state index contributed by atoms with van der Waals surface area (Å²) in [6.07, 6.45) is 60.0. The smallest absolute Gasteiger partial charge is 0.181 e. The number of imidazole rings is 6. The molecule has 20 aromatic heterocycles. The minimum atomic E-state index is -0.334. The summed E-state index contributed by atoms with van der Waals surface area (Å²) in [4.78, 5) is 73.4. The van der Waals surface area contributed by atoms with Crippen LogP contribution in [-0.2, 0) is 40.3 Å². The number of hydrogen-bond donors (Lipinski definition) is 13. The molecular weight excluding hydrogens is 2190 g/mol. The fourth-order valence-electron chi connectivity index (χ4n) is 17.7. The summed E-state index contributed by atoms with van der Waals surface area (Å²) in [6.45, 7) is 11.9. The maximum absolute atomic E-state index is 10.2. The van der Waals surface area contributed by atoms with E-state index in [4.69, 9.17) is 15.0 Å². The van der Waals surface area contributed by atoms with Crippen molar-refractivity contribution in [3.8, 4) is 22.5 Å². The quantitative estimate of drug-likeness (QED) is 0.0199. The number of rotatable bonds is 30. The predicted octanol–water partition coefficient (Wildman–Crippen LogP) is 18.1. The second kappa shape index (κ2) is 50.2. The van der Waals surface area contributed by atoms with E-state index in [-0.39, 0.29) is 55.9 Å². The molecule has 6 unspecified atom stereocenters. The molecule has 42 nitrogen and oxygen atoms in total. The van der Waals surface area contributed by atoms with Gasteiger partial charge in [-0.05, 0) is 217 Å². The van der Waals surface area contributed by atoms with E-state index in [2.05, 4.69) is 214 Å². The number of aromatic nitrogens is 28. The molecule has 2 aliphatic carbocycles. The van der Waals surface area contributed by atoms with Gasteiger partial charge in [-0.25, -0.2) is 59.8 Å². The van der Waals surface area contributed by atoms with Crippen molar-refractivity contribution in [3.05, 3.63) is 274 Å². The summed E-state index contributed by atoms with van der Waals surface area (Å²) in [7, 11) is 3.79. The Labute approximate surface area is 899 Å². The van der Waals surface area contributed by atoms with Crippen molar-refractivity contribution < 1.29 is 20.4 Å². The number of aryl methyl sites for hydroxylation is 4. The molecule has 149 heavy (non-hydrogen) atoms. The number of aliphatic hydroxyl groups is 4. The van der Waals surface area contributed by atoms with Crippen LogP contribution in [0, 0.1) is 25.7 Å². The van der Waals surface area contributed by atoms with Gasteiger partial charge in [0.05, 0.1) is 122 Å². The molecule has 23 rings (SSSR count). The largest absolute Gasteiger partial charge is 0.396 e. The fourth-order valence-corrected chi connectivity index (χ4v) is 20.5. The summed E-state index contributed by atoms with van der Waals surface area (Å²) in [5, 5.41) is 79.5. The van der Waals surface area contributed by atoms with Gasteiger partial charge in [0.2, 0.25) is 0 Å². The Hall–Kier alpha value is -14.2. The third-order valence-corrected chi connectivity index (χ3v) is 29.3. The highest BCUT2D eigenvalue weighted by atomic mass is 79.9. The molecule has 3 fully saturated rings. The van der Waals surface area contributed by atoms with Crippen LogP contribution < -0.4 is 52.8 Å². The van der Waals surface area contributed by atoms with Gasteiger partial charge >= 0.3 is 0 Å². The summed E-state index contributed by atoms with van der Waals surface area (Å²) in [5.41, 5.74) is 14.8. The number of nitrogens with zero attached hydrogens (tertiary/aromatic N) is 29. The number of aliphatic hydroxyl groups excluding tert-OH is 4. The van der Waals surface area contributed by atoms with Crippen LogP contribution in [0.1, 0.15) is 125 Å². The highest BCUT2D eigenvalue weighted by Gasteiger charge is 2.30. The van der Waals surface area contributed by atoms with Gasteiger partial charge in [0.15, 0.2) is 68.8 Å². The molecule has 20 aromatic rings. The second-order valence-electron chi connectivity index (χ2n) is 36.4. The number of pyridine rings is 4. The van der Waals surface area contributed by atoms with Crippen molar-refractivity contribution in [2.24, 2.45) is 25.9 Å². The minimum Gasteiger partial charge on any atom is -0.396 e.